The van der Waals surface area contributed by atoms with Crippen molar-refractivity contribution in [1.82, 2.24) is 10.2 Å². The van der Waals surface area contributed by atoms with Crippen LogP contribution in [-0.4, -0.2) is 35.0 Å². The molecule has 1 fully saturated rings. The van der Waals surface area contributed by atoms with Crippen molar-refractivity contribution in [1.29, 1.82) is 0 Å². The van der Waals surface area contributed by atoms with Crippen LogP contribution in [0.1, 0.15) is 37.8 Å². The lowest BCUT2D eigenvalue weighted by Gasteiger charge is -2.34. The number of aliphatic hydroxyl groups is 1. The van der Waals surface area contributed by atoms with Gasteiger partial charge < -0.3 is 15.3 Å². The van der Waals surface area contributed by atoms with Gasteiger partial charge in [-0.05, 0) is 50.9 Å². The number of nitrogens with zero attached hydrogens (tertiary/aromatic N) is 1. The summed E-state index contributed by atoms with van der Waals surface area (Å²) < 4.78 is 0. The summed E-state index contributed by atoms with van der Waals surface area (Å²) >= 11 is 0. The molecule has 0 aromatic heterocycles. The van der Waals surface area contributed by atoms with E-state index in [2.05, 4.69) is 24.1 Å². The van der Waals surface area contributed by atoms with Crippen LogP contribution in [0.15, 0.2) is 24.3 Å². The summed E-state index contributed by atoms with van der Waals surface area (Å²) in [5.74, 6) is 0.271. The number of hydrogen-bond acceptors (Lipinski definition) is 3. The van der Waals surface area contributed by atoms with Crippen molar-refractivity contribution < 1.29 is 9.90 Å². The van der Waals surface area contributed by atoms with Crippen LogP contribution in [0, 0.1) is 5.92 Å². The quantitative estimate of drug-likeness (QED) is 0.871. The van der Waals surface area contributed by atoms with E-state index in [0.29, 0.717) is 12.6 Å². The lowest BCUT2D eigenvalue weighted by atomic mass is 9.95. The van der Waals surface area contributed by atoms with E-state index in [9.17, 15) is 9.90 Å². The van der Waals surface area contributed by atoms with E-state index in [0.717, 1.165) is 37.1 Å². The minimum atomic E-state index is 0.0127. The molecule has 1 amide bonds. The summed E-state index contributed by atoms with van der Waals surface area (Å²) in [6.45, 7) is 6.92. The van der Waals surface area contributed by atoms with Gasteiger partial charge in [0.15, 0.2) is 0 Å². The van der Waals surface area contributed by atoms with Crippen molar-refractivity contribution in [3.8, 4) is 0 Å². The minimum Gasteiger partial charge on any atom is -0.392 e. The number of likely N-dealkylation sites (tertiary alicyclic amines) is 1. The number of amides is 1. The van der Waals surface area contributed by atoms with E-state index in [-0.39, 0.29) is 18.4 Å². The molecule has 1 aromatic rings. The fraction of sp³-hybridized carbons (Fsp3) is 0.588. The summed E-state index contributed by atoms with van der Waals surface area (Å²) in [7, 11) is 0. The fourth-order valence-corrected chi connectivity index (χ4v) is 2.89. The number of aliphatic hydroxyl groups excluding tert-OH is 1. The molecule has 1 saturated heterocycles. The lowest BCUT2D eigenvalue weighted by Crippen LogP contribution is -2.43. The molecule has 1 heterocycles. The first-order valence-corrected chi connectivity index (χ1v) is 7.81. The van der Waals surface area contributed by atoms with Crippen LogP contribution >= 0.6 is 0 Å². The summed E-state index contributed by atoms with van der Waals surface area (Å²) in [5.41, 5.74) is 1.88. The molecule has 21 heavy (non-hydrogen) atoms. The maximum atomic E-state index is 12.3. The summed E-state index contributed by atoms with van der Waals surface area (Å²) in [6, 6.07) is 8.24. The van der Waals surface area contributed by atoms with Gasteiger partial charge in [0.1, 0.15) is 0 Å². The summed E-state index contributed by atoms with van der Waals surface area (Å²) in [5, 5.41) is 12.3. The zero-order valence-corrected chi connectivity index (χ0v) is 13.0. The Hall–Kier alpha value is -1.39. The number of nitrogens with one attached hydrogen (secondary N) is 1. The highest BCUT2D eigenvalue weighted by molar-refractivity contribution is 5.78. The zero-order valence-electron chi connectivity index (χ0n) is 13.0. The van der Waals surface area contributed by atoms with Gasteiger partial charge in [0, 0.05) is 18.5 Å². The second-order valence-electron chi connectivity index (χ2n) is 6.05. The molecule has 4 heteroatoms. The average Bonchev–Trinajstić information content (AvgIpc) is 2.52. The summed E-state index contributed by atoms with van der Waals surface area (Å²) in [6.07, 6.45) is 1.87. The molecule has 2 rings (SSSR count). The molecule has 0 unspecified atom stereocenters. The standard InChI is InChI=1S/C17H26N2O2/c1-13(2)19-9-7-14(8-10-19)17(21)18-11-15-5-3-4-6-16(15)12-20/h3-6,13-14,20H,7-12H2,1-2H3,(H,18,21). The van der Waals surface area contributed by atoms with E-state index in [1.807, 2.05) is 24.3 Å². The maximum Gasteiger partial charge on any atom is 0.223 e. The van der Waals surface area contributed by atoms with E-state index < -0.39 is 0 Å². The predicted octanol–water partition coefficient (Wildman–Crippen LogP) is 1.92. The second kappa shape index (κ2) is 7.57. The van der Waals surface area contributed by atoms with E-state index in [1.54, 1.807) is 0 Å². The topological polar surface area (TPSA) is 52.6 Å². The zero-order chi connectivity index (χ0) is 15.2. The molecule has 0 radical (unpaired) electrons. The van der Waals surface area contributed by atoms with Crippen molar-refractivity contribution >= 4 is 5.91 Å². The first-order chi connectivity index (χ1) is 10.1. The van der Waals surface area contributed by atoms with Crippen LogP contribution in [0.5, 0.6) is 0 Å². The van der Waals surface area contributed by atoms with Gasteiger partial charge in [-0.15, -0.1) is 0 Å². The van der Waals surface area contributed by atoms with Crippen molar-refractivity contribution in [2.45, 2.75) is 45.9 Å². The molecule has 4 nitrogen and oxygen atoms in total. The van der Waals surface area contributed by atoms with Gasteiger partial charge in [-0.25, -0.2) is 0 Å². The van der Waals surface area contributed by atoms with Gasteiger partial charge in [-0.1, -0.05) is 24.3 Å². The van der Waals surface area contributed by atoms with Gasteiger partial charge in [-0.2, -0.15) is 0 Å². The second-order valence-corrected chi connectivity index (χ2v) is 6.05. The van der Waals surface area contributed by atoms with Gasteiger partial charge in [0.25, 0.3) is 0 Å². The number of hydrogen-bond donors (Lipinski definition) is 2. The van der Waals surface area contributed by atoms with E-state index in [4.69, 9.17) is 0 Å². The first kappa shape index (κ1) is 16.0. The number of carbonyl (C=O) groups is 1. The van der Waals surface area contributed by atoms with Crippen LogP contribution in [0.4, 0.5) is 0 Å². The molecule has 0 spiro atoms. The van der Waals surface area contributed by atoms with Crippen molar-refractivity contribution in [2.75, 3.05) is 13.1 Å². The van der Waals surface area contributed by atoms with Gasteiger partial charge >= 0.3 is 0 Å². The smallest absolute Gasteiger partial charge is 0.223 e. The van der Waals surface area contributed by atoms with Crippen LogP contribution in [0.3, 0.4) is 0 Å². The summed E-state index contributed by atoms with van der Waals surface area (Å²) in [4.78, 5) is 14.7. The van der Waals surface area contributed by atoms with Crippen LogP contribution in [0.25, 0.3) is 0 Å². The highest BCUT2D eigenvalue weighted by Crippen LogP contribution is 2.19. The molecule has 1 aliphatic rings. The fourth-order valence-electron chi connectivity index (χ4n) is 2.89. The third kappa shape index (κ3) is 4.29. The highest BCUT2D eigenvalue weighted by atomic mass is 16.3. The molecular formula is C17H26N2O2. The Morgan fingerprint density at radius 2 is 1.90 bits per heavy atom. The first-order valence-electron chi connectivity index (χ1n) is 7.81. The molecule has 0 aliphatic carbocycles. The number of carbonyl (C=O) groups excluding carboxylic acids is 1. The Bertz CT molecular complexity index is 466. The Balaban J connectivity index is 1.83. The highest BCUT2D eigenvalue weighted by Gasteiger charge is 2.25. The van der Waals surface area contributed by atoms with Crippen LogP contribution in [-0.2, 0) is 17.9 Å². The minimum absolute atomic E-state index is 0.0127. The number of piperidine rings is 1. The average molecular weight is 290 g/mol. The normalized spacial score (nSPS) is 17.1. The molecule has 2 N–H and O–H groups in total. The molecule has 0 bridgehead atoms. The predicted molar refractivity (Wildman–Crippen MR) is 83.6 cm³/mol. The van der Waals surface area contributed by atoms with Crippen molar-refractivity contribution in [2.24, 2.45) is 5.92 Å². The molecule has 1 aromatic carbocycles. The third-order valence-corrected chi connectivity index (χ3v) is 4.37. The Morgan fingerprint density at radius 3 is 2.48 bits per heavy atom. The molecule has 0 saturated carbocycles. The van der Waals surface area contributed by atoms with Gasteiger partial charge in [0.2, 0.25) is 5.91 Å². The Labute approximate surface area is 127 Å². The SMILES string of the molecule is CC(C)N1CCC(C(=O)NCc2ccccc2CO)CC1. The Kier molecular flexibility index (Phi) is 5.76. The van der Waals surface area contributed by atoms with E-state index >= 15 is 0 Å². The molecule has 1 aliphatic heterocycles. The van der Waals surface area contributed by atoms with Gasteiger partial charge in [0.05, 0.1) is 6.61 Å². The van der Waals surface area contributed by atoms with Crippen molar-refractivity contribution in [3.05, 3.63) is 35.4 Å². The Morgan fingerprint density at radius 1 is 1.29 bits per heavy atom. The van der Waals surface area contributed by atoms with Crippen LogP contribution < -0.4 is 5.32 Å². The molecule has 116 valence electrons. The number of benzene rings is 1. The monoisotopic (exact) mass is 290 g/mol. The molecule has 0 atom stereocenters. The third-order valence-electron chi connectivity index (χ3n) is 4.37. The van der Waals surface area contributed by atoms with Crippen LogP contribution in [0.2, 0.25) is 0 Å². The van der Waals surface area contributed by atoms with E-state index in [1.165, 1.54) is 0 Å². The van der Waals surface area contributed by atoms with Gasteiger partial charge in [-0.3, -0.25) is 4.79 Å². The number of rotatable bonds is 5. The largest absolute Gasteiger partial charge is 0.392 e. The maximum absolute atomic E-state index is 12.3. The van der Waals surface area contributed by atoms with Crippen molar-refractivity contribution in [3.63, 3.8) is 0 Å². The lowest BCUT2D eigenvalue weighted by molar-refractivity contribution is -0.126. The molecular weight excluding hydrogens is 264 g/mol.